The summed E-state index contributed by atoms with van der Waals surface area (Å²) in [6, 6.07) is 3.17. The maximum atomic E-state index is 13.2. The first-order chi connectivity index (χ1) is 15.6. The minimum atomic E-state index is -0.210. The first kappa shape index (κ1) is 20.6. The van der Waals surface area contributed by atoms with Gasteiger partial charge in [0, 0.05) is 42.5 Å². The Hall–Kier alpha value is -3.29. The number of likely N-dealkylation sites (tertiary alicyclic amines) is 1. The van der Waals surface area contributed by atoms with E-state index in [1.54, 1.807) is 29.4 Å². The molecular weight excluding hydrogens is 406 g/mol. The summed E-state index contributed by atoms with van der Waals surface area (Å²) in [4.78, 5) is 54.2. The number of nitrogens with zero attached hydrogens (tertiary/aromatic N) is 4. The van der Waals surface area contributed by atoms with E-state index < -0.39 is 0 Å². The summed E-state index contributed by atoms with van der Waals surface area (Å²) < 4.78 is 0. The second kappa shape index (κ2) is 8.68. The SMILES string of the molecule is O=C(c1ccncc1)N1CCc2c(nc([C@H]3CCCN3C(=O)[C@H]3CC=CCC3)[nH]c2=O)C1. The van der Waals surface area contributed by atoms with Crippen LogP contribution in [0.25, 0.3) is 0 Å². The number of aromatic amines is 1. The Balaban J connectivity index is 1.39. The zero-order valence-corrected chi connectivity index (χ0v) is 18.0. The molecule has 32 heavy (non-hydrogen) atoms. The van der Waals surface area contributed by atoms with Gasteiger partial charge in [-0.05, 0) is 50.7 Å². The van der Waals surface area contributed by atoms with Gasteiger partial charge in [0.2, 0.25) is 5.91 Å². The molecule has 0 aromatic carbocycles. The minimum Gasteiger partial charge on any atom is -0.332 e. The lowest BCUT2D eigenvalue weighted by Gasteiger charge is -2.31. The average molecular weight is 434 g/mol. The highest BCUT2D eigenvalue weighted by molar-refractivity contribution is 5.94. The molecule has 0 spiro atoms. The zero-order chi connectivity index (χ0) is 22.1. The van der Waals surface area contributed by atoms with Crippen LogP contribution in [0.4, 0.5) is 0 Å². The number of nitrogens with one attached hydrogen (secondary N) is 1. The highest BCUT2D eigenvalue weighted by Gasteiger charge is 2.36. The van der Waals surface area contributed by atoms with Gasteiger partial charge in [-0.15, -0.1) is 0 Å². The van der Waals surface area contributed by atoms with Crippen molar-refractivity contribution >= 4 is 11.8 Å². The van der Waals surface area contributed by atoms with Gasteiger partial charge < -0.3 is 14.8 Å². The number of aromatic nitrogens is 3. The molecule has 8 nitrogen and oxygen atoms in total. The summed E-state index contributed by atoms with van der Waals surface area (Å²) in [6.07, 6.45) is 12.2. The molecular formula is C24H27N5O3. The number of amides is 2. The number of pyridine rings is 1. The molecule has 2 aromatic rings. The van der Waals surface area contributed by atoms with Crippen LogP contribution in [0.3, 0.4) is 0 Å². The van der Waals surface area contributed by atoms with E-state index in [1.165, 1.54) is 0 Å². The van der Waals surface area contributed by atoms with Gasteiger partial charge >= 0.3 is 0 Å². The van der Waals surface area contributed by atoms with Crippen molar-refractivity contribution in [3.8, 4) is 0 Å². The van der Waals surface area contributed by atoms with Crippen molar-refractivity contribution in [2.45, 2.75) is 51.1 Å². The van der Waals surface area contributed by atoms with Gasteiger partial charge in [-0.25, -0.2) is 4.98 Å². The van der Waals surface area contributed by atoms with E-state index in [1.807, 2.05) is 4.90 Å². The summed E-state index contributed by atoms with van der Waals surface area (Å²) in [5, 5.41) is 0. The smallest absolute Gasteiger partial charge is 0.254 e. The highest BCUT2D eigenvalue weighted by atomic mass is 16.2. The quantitative estimate of drug-likeness (QED) is 0.750. The molecule has 4 heterocycles. The summed E-state index contributed by atoms with van der Waals surface area (Å²) in [6.45, 7) is 1.46. The second-order valence-corrected chi connectivity index (χ2v) is 8.76. The largest absolute Gasteiger partial charge is 0.332 e. The molecule has 166 valence electrons. The van der Waals surface area contributed by atoms with Gasteiger partial charge in [-0.2, -0.15) is 0 Å². The van der Waals surface area contributed by atoms with E-state index >= 15 is 0 Å². The Morgan fingerprint density at radius 1 is 1.09 bits per heavy atom. The van der Waals surface area contributed by atoms with Gasteiger partial charge in [-0.3, -0.25) is 19.4 Å². The molecule has 2 aliphatic heterocycles. The third-order valence-electron chi connectivity index (χ3n) is 6.78. The van der Waals surface area contributed by atoms with Crippen LogP contribution in [0.2, 0.25) is 0 Å². The number of hydrogen-bond acceptors (Lipinski definition) is 5. The number of carbonyl (C=O) groups is 2. The molecule has 1 aliphatic carbocycles. The monoisotopic (exact) mass is 433 g/mol. The van der Waals surface area contributed by atoms with Crippen LogP contribution in [0.15, 0.2) is 41.5 Å². The molecule has 1 fully saturated rings. The third kappa shape index (κ3) is 3.85. The van der Waals surface area contributed by atoms with E-state index in [0.717, 1.165) is 32.1 Å². The molecule has 2 amide bonds. The number of hydrogen-bond donors (Lipinski definition) is 1. The lowest BCUT2D eigenvalue weighted by Crippen LogP contribution is -2.41. The molecule has 2 atom stereocenters. The lowest BCUT2D eigenvalue weighted by molar-refractivity contribution is -0.136. The van der Waals surface area contributed by atoms with Crippen molar-refractivity contribution in [2.75, 3.05) is 13.1 Å². The molecule has 0 radical (unpaired) electrons. The predicted molar refractivity (Wildman–Crippen MR) is 118 cm³/mol. The van der Waals surface area contributed by atoms with Crippen molar-refractivity contribution in [3.63, 3.8) is 0 Å². The van der Waals surface area contributed by atoms with Crippen molar-refractivity contribution in [2.24, 2.45) is 5.92 Å². The summed E-state index contributed by atoms with van der Waals surface area (Å²) in [7, 11) is 0. The molecule has 5 rings (SSSR count). The standard InChI is InChI=1S/C24H27N5O3/c30-22-18-10-14-28(23(31)17-8-11-25-12-9-17)15-19(18)26-21(27-22)20-7-4-13-29(20)24(32)16-5-2-1-3-6-16/h1-2,8-9,11-12,16,20H,3-7,10,13-15H2,(H,26,27,30)/t16-,20+/m0/s1. The van der Waals surface area contributed by atoms with Crippen LogP contribution in [-0.4, -0.2) is 49.7 Å². The maximum Gasteiger partial charge on any atom is 0.254 e. The van der Waals surface area contributed by atoms with Gasteiger partial charge in [0.25, 0.3) is 11.5 Å². The molecule has 0 saturated carbocycles. The fourth-order valence-electron chi connectivity index (χ4n) is 5.03. The van der Waals surface area contributed by atoms with Crippen LogP contribution in [0, 0.1) is 5.92 Å². The molecule has 3 aliphatic rings. The molecule has 0 bridgehead atoms. The third-order valence-corrected chi connectivity index (χ3v) is 6.78. The van der Waals surface area contributed by atoms with E-state index in [4.69, 9.17) is 4.98 Å². The van der Waals surface area contributed by atoms with Gasteiger partial charge in [0.05, 0.1) is 18.3 Å². The first-order valence-electron chi connectivity index (χ1n) is 11.4. The number of H-pyrrole nitrogens is 1. The predicted octanol–water partition coefficient (Wildman–Crippen LogP) is 2.38. The van der Waals surface area contributed by atoms with E-state index in [-0.39, 0.29) is 29.3 Å². The van der Waals surface area contributed by atoms with Gasteiger partial charge in [0.1, 0.15) is 5.82 Å². The number of rotatable bonds is 3. The van der Waals surface area contributed by atoms with E-state index in [0.29, 0.717) is 48.7 Å². The van der Waals surface area contributed by atoms with Crippen LogP contribution in [-0.2, 0) is 17.8 Å². The number of carbonyl (C=O) groups excluding carboxylic acids is 2. The first-order valence-corrected chi connectivity index (χ1v) is 11.4. The lowest BCUT2D eigenvalue weighted by atomic mass is 9.93. The van der Waals surface area contributed by atoms with Crippen molar-refractivity contribution in [3.05, 3.63) is 69.7 Å². The highest BCUT2D eigenvalue weighted by Crippen LogP contribution is 2.33. The second-order valence-electron chi connectivity index (χ2n) is 8.76. The Kier molecular flexibility index (Phi) is 5.59. The molecule has 1 saturated heterocycles. The van der Waals surface area contributed by atoms with Gasteiger partial charge in [0.15, 0.2) is 0 Å². The Labute approximate surface area is 186 Å². The van der Waals surface area contributed by atoms with E-state index in [9.17, 15) is 14.4 Å². The van der Waals surface area contributed by atoms with Crippen molar-refractivity contribution in [1.82, 2.24) is 24.8 Å². The van der Waals surface area contributed by atoms with Crippen LogP contribution in [0.1, 0.15) is 65.6 Å². The molecule has 2 aromatic heterocycles. The topological polar surface area (TPSA) is 99.3 Å². The number of allylic oxidation sites excluding steroid dienone is 2. The summed E-state index contributed by atoms with van der Waals surface area (Å²) >= 11 is 0. The van der Waals surface area contributed by atoms with Crippen LogP contribution >= 0.6 is 0 Å². The minimum absolute atomic E-state index is 0.0124. The van der Waals surface area contributed by atoms with E-state index in [2.05, 4.69) is 22.1 Å². The normalized spacial score (nSPS) is 22.6. The Morgan fingerprint density at radius 3 is 2.72 bits per heavy atom. The Morgan fingerprint density at radius 2 is 1.94 bits per heavy atom. The average Bonchev–Trinajstić information content (AvgIpc) is 3.34. The van der Waals surface area contributed by atoms with Crippen LogP contribution in [0.5, 0.6) is 0 Å². The number of fused-ring (bicyclic) bond motifs is 1. The molecule has 8 heteroatoms. The zero-order valence-electron chi connectivity index (χ0n) is 18.0. The van der Waals surface area contributed by atoms with Crippen molar-refractivity contribution < 1.29 is 9.59 Å². The van der Waals surface area contributed by atoms with Gasteiger partial charge in [-0.1, -0.05) is 12.2 Å². The van der Waals surface area contributed by atoms with Crippen LogP contribution < -0.4 is 5.56 Å². The summed E-state index contributed by atoms with van der Waals surface area (Å²) in [5.41, 5.74) is 1.70. The summed E-state index contributed by atoms with van der Waals surface area (Å²) in [5.74, 6) is 0.624. The fourth-order valence-corrected chi connectivity index (χ4v) is 5.03. The molecule has 0 unspecified atom stereocenters. The Bertz CT molecular complexity index is 1110. The fraction of sp³-hybridized carbons (Fsp3) is 0.458. The molecule has 1 N–H and O–H groups in total. The van der Waals surface area contributed by atoms with Crippen molar-refractivity contribution in [1.29, 1.82) is 0 Å². The maximum absolute atomic E-state index is 13.2.